The zero-order chi connectivity index (χ0) is 14.7. The molecule has 2 heterocycles. The summed E-state index contributed by atoms with van der Waals surface area (Å²) in [6.45, 7) is 1.93. The molecule has 0 aliphatic carbocycles. The van der Waals surface area contributed by atoms with Crippen LogP contribution in [0, 0.1) is 6.92 Å². The standard InChI is InChI=1S/C16H13ClN4/c1-11-9-15(20-13-6-4-5-12(17)10-13)21-16(19-11)14-7-2-3-8-18-14/h2-10H,1H3,(H,19,20,21). The van der Waals surface area contributed by atoms with Crippen LogP contribution in [0.4, 0.5) is 11.5 Å². The van der Waals surface area contributed by atoms with E-state index >= 15 is 0 Å². The quantitative estimate of drug-likeness (QED) is 0.785. The van der Waals surface area contributed by atoms with Gasteiger partial charge in [0, 0.05) is 28.7 Å². The summed E-state index contributed by atoms with van der Waals surface area (Å²) < 4.78 is 0. The molecule has 0 radical (unpaired) electrons. The number of benzene rings is 1. The van der Waals surface area contributed by atoms with Gasteiger partial charge < -0.3 is 5.32 Å². The van der Waals surface area contributed by atoms with E-state index in [0.29, 0.717) is 16.7 Å². The van der Waals surface area contributed by atoms with Gasteiger partial charge in [0.1, 0.15) is 11.5 Å². The highest BCUT2D eigenvalue weighted by molar-refractivity contribution is 6.30. The van der Waals surface area contributed by atoms with Crippen molar-refractivity contribution in [2.45, 2.75) is 6.92 Å². The molecule has 4 nitrogen and oxygen atoms in total. The first kappa shape index (κ1) is 13.5. The van der Waals surface area contributed by atoms with E-state index < -0.39 is 0 Å². The van der Waals surface area contributed by atoms with Crippen molar-refractivity contribution in [3.05, 3.63) is 65.4 Å². The van der Waals surface area contributed by atoms with Crippen LogP contribution in [0.5, 0.6) is 0 Å². The van der Waals surface area contributed by atoms with Crippen LogP contribution in [0.3, 0.4) is 0 Å². The van der Waals surface area contributed by atoms with Crippen LogP contribution >= 0.6 is 11.6 Å². The zero-order valence-corrected chi connectivity index (χ0v) is 12.2. The maximum Gasteiger partial charge on any atom is 0.180 e. The van der Waals surface area contributed by atoms with Gasteiger partial charge in [0.25, 0.3) is 0 Å². The molecule has 0 spiro atoms. The van der Waals surface area contributed by atoms with Crippen LogP contribution in [-0.4, -0.2) is 15.0 Å². The Morgan fingerprint density at radius 3 is 2.67 bits per heavy atom. The van der Waals surface area contributed by atoms with Crippen molar-refractivity contribution in [1.29, 1.82) is 0 Å². The third-order valence-corrected chi connectivity index (χ3v) is 3.08. The highest BCUT2D eigenvalue weighted by Gasteiger charge is 2.06. The Kier molecular flexibility index (Phi) is 3.79. The molecule has 3 rings (SSSR count). The van der Waals surface area contributed by atoms with Gasteiger partial charge >= 0.3 is 0 Å². The Morgan fingerprint density at radius 1 is 1.00 bits per heavy atom. The fourth-order valence-electron chi connectivity index (χ4n) is 1.96. The summed E-state index contributed by atoms with van der Waals surface area (Å²) in [5.41, 5.74) is 2.50. The summed E-state index contributed by atoms with van der Waals surface area (Å²) in [6, 6.07) is 15.0. The molecule has 0 saturated heterocycles. The van der Waals surface area contributed by atoms with Gasteiger partial charge in [-0.25, -0.2) is 9.97 Å². The summed E-state index contributed by atoms with van der Waals surface area (Å²) in [5, 5.41) is 3.91. The second kappa shape index (κ2) is 5.89. The van der Waals surface area contributed by atoms with Crippen molar-refractivity contribution < 1.29 is 0 Å². The zero-order valence-electron chi connectivity index (χ0n) is 11.4. The smallest absolute Gasteiger partial charge is 0.180 e. The highest BCUT2D eigenvalue weighted by Crippen LogP contribution is 2.21. The Balaban J connectivity index is 1.95. The van der Waals surface area contributed by atoms with E-state index in [1.165, 1.54) is 0 Å². The maximum atomic E-state index is 5.99. The van der Waals surface area contributed by atoms with E-state index in [2.05, 4.69) is 20.3 Å². The van der Waals surface area contributed by atoms with E-state index in [4.69, 9.17) is 11.6 Å². The summed E-state index contributed by atoms with van der Waals surface area (Å²) in [6.07, 6.45) is 1.73. The van der Waals surface area contributed by atoms with Gasteiger partial charge in [-0.2, -0.15) is 0 Å². The maximum absolute atomic E-state index is 5.99. The van der Waals surface area contributed by atoms with Crippen LogP contribution in [-0.2, 0) is 0 Å². The largest absolute Gasteiger partial charge is 0.340 e. The molecule has 0 fully saturated rings. The van der Waals surface area contributed by atoms with Crippen LogP contribution in [0.25, 0.3) is 11.5 Å². The second-order valence-corrected chi connectivity index (χ2v) is 5.00. The van der Waals surface area contributed by atoms with Gasteiger partial charge in [0.05, 0.1) is 0 Å². The first-order valence-electron chi connectivity index (χ1n) is 6.50. The van der Waals surface area contributed by atoms with Crippen LogP contribution in [0.15, 0.2) is 54.7 Å². The molecule has 0 bridgehead atoms. The van der Waals surface area contributed by atoms with Gasteiger partial charge in [0.15, 0.2) is 5.82 Å². The lowest BCUT2D eigenvalue weighted by atomic mass is 10.3. The van der Waals surface area contributed by atoms with E-state index in [1.54, 1.807) is 6.20 Å². The average Bonchev–Trinajstić information content (AvgIpc) is 2.47. The third-order valence-electron chi connectivity index (χ3n) is 2.85. The molecule has 2 aromatic heterocycles. The van der Waals surface area contributed by atoms with Crippen molar-refractivity contribution in [1.82, 2.24) is 15.0 Å². The third kappa shape index (κ3) is 3.35. The number of anilines is 2. The minimum atomic E-state index is 0.597. The number of hydrogen-bond donors (Lipinski definition) is 1. The Hall–Kier alpha value is -2.46. The first-order chi connectivity index (χ1) is 10.2. The fraction of sp³-hybridized carbons (Fsp3) is 0.0625. The lowest BCUT2D eigenvalue weighted by molar-refractivity contribution is 1.09. The summed E-state index contributed by atoms with van der Waals surface area (Å²) in [4.78, 5) is 13.2. The summed E-state index contributed by atoms with van der Waals surface area (Å²) in [7, 11) is 0. The van der Waals surface area contributed by atoms with Crippen molar-refractivity contribution in [3.8, 4) is 11.5 Å². The Morgan fingerprint density at radius 2 is 1.90 bits per heavy atom. The molecule has 21 heavy (non-hydrogen) atoms. The molecule has 0 amide bonds. The predicted molar refractivity (Wildman–Crippen MR) is 84.7 cm³/mol. The second-order valence-electron chi connectivity index (χ2n) is 4.57. The van der Waals surface area contributed by atoms with E-state index in [9.17, 15) is 0 Å². The minimum absolute atomic E-state index is 0.597. The van der Waals surface area contributed by atoms with Crippen LogP contribution < -0.4 is 5.32 Å². The normalized spacial score (nSPS) is 10.4. The number of nitrogens with zero attached hydrogens (tertiary/aromatic N) is 3. The minimum Gasteiger partial charge on any atom is -0.340 e. The SMILES string of the molecule is Cc1cc(Nc2cccc(Cl)c2)nc(-c2ccccn2)n1. The number of aromatic nitrogens is 3. The number of halogens is 1. The molecule has 0 aliphatic rings. The molecule has 0 aliphatic heterocycles. The first-order valence-corrected chi connectivity index (χ1v) is 6.88. The molecule has 1 N–H and O–H groups in total. The predicted octanol–water partition coefficient (Wildman–Crippen LogP) is 4.24. The fourth-order valence-corrected chi connectivity index (χ4v) is 2.15. The van der Waals surface area contributed by atoms with E-state index in [0.717, 1.165) is 17.1 Å². The Labute approximate surface area is 127 Å². The molecule has 1 aromatic carbocycles. The summed E-state index contributed by atoms with van der Waals surface area (Å²) >= 11 is 5.99. The number of nitrogens with one attached hydrogen (secondary N) is 1. The van der Waals surface area contributed by atoms with Gasteiger partial charge in [-0.15, -0.1) is 0 Å². The molecule has 0 unspecified atom stereocenters. The van der Waals surface area contributed by atoms with Gasteiger partial charge in [-0.3, -0.25) is 4.98 Å². The highest BCUT2D eigenvalue weighted by atomic mass is 35.5. The Bertz CT molecular complexity index is 759. The van der Waals surface area contributed by atoms with Gasteiger partial charge in [-0.05, 0) is 37.3 Å². The molecular formula is C16H13ClN4. The van der Waals surface area contributed by atoms with Crippen LogP contribution in [0.2, 0.25) is 5.02 Å². The molecule has 3 aromatic rings. The lowest BCUT2D eigenvalue weighted by Gasteiger charge is -2.08. The number of hydrogen-bond acceptors (Lipinski definition) is 4. The van der Waals surface area contributed by atoms with Crippen molar-refractivity contribution in [2.75, 3.05) is 5.32 Å². The van der Waals surface area contributed by atoms with Crippen molar-refractivity contribution in [3.63, 3.8) is 0 Å². The molecule has 0 saturated carbocycles. The van der Waals surface area contributed by atoms with Gasteiger partial charge in [0.2, 0.25) is 0 Å². The number of pyridine rings is 1. The topological polar surface area (TPSA) is 50.7 Å². The lowest BCUT2D eigenvalue weighted by Crippen LogP contribution is -1.99. The molecular weight excluding hydrogens is 284 g/mol. The van der Waals surface area contributed by atoms with E-state index in [-0.39, 0.29) is 0 Å². The van der Waals surface area contributed by atoms with Crippen molar-refractivity contribution >= 4 is 23.1 Å². The molecule has 5 heteroatoms. The number of aryl methyl sites for hydroxylation is 1. The van der Waals surface area contributed by atoms with E-state index in [1.807, 2.05) is 55.5 Å². The average molecular weight is 297 g/mol. The molecule has 104 valence electrons. The molecule has 0 atom stereocenters. The van der Waals surface area contributed by atoms with Gasteiger partial charge in [-0.1, -0.05) is 23.7 Å². The number of rotatable bonds is 3. The monoisotopic (exact) mass is 296 g/mol. The van der Waals surface area contributed by atoms with Crippen molar-refractivity contribution in [2.24, 2.45) is 0 Å². The summed E-state index contributed by atoms with van der Waals surface area (Å²) in [5.74, 6) is 1.31. The van der Waals surface area contributed by atoms with Crippen LogP contribution in [0.1, 0.15) is 5.69 Å².